The van der Waals surface area contributed by atoms with Gasteiger partial charge in [0.05, 0.1) is 18.1 Å². The number of aryl methyl sites for hydroxylation is 1. The molecule has 0 radical (unpaired) electrons. The van der Waals surface area contributed by atoms with Crippen LogP contribution in [0.25, 0.3) is 0 Å². The summed E-state index contributed by atoms with van der Waals surface area (Å²) in [7, 11) is -3.89. The van der Waals surface area contributed by atoms with Crippen molar-refractivity contribution in [3.8, 4) is 0 Å². The van der Waals surface area contributed by atoms with E-state index >= 15 is 0 Å². The molecule has 1 aromatic carbocycles. The van der Waals surface area contributed by atoms with Crippen LogP contribution in [-0.4, -0.2) is 56.7 Å². The maximum absolute atomic E-state index is 13.1. The third-order valence-electron chi connectivity index (χ3n) is 4.90. The number of benzene rings is 1. The minimum absolute atomic E-state index is 0.0432. The highest BCUT2D eigenvalue weighted by Crippen LogP contribution is 2.31. The molecule has 0 fully saturated rings. The summed E-state index contributed by atoms with van der Waals surface area (Å²) in [5.74, 6) is -2.11. The molecule has 0 aromatic heterocycles. The van der Waals surface area contributed by atoms with Crippen molar-refractivity contribution in [2.45, 2.75) is 39.5 Å². The second-order valence-electron chi connectivity index (χ2n) is 7.04. The molecular formula is C22H27NO7S. The first-order chi connectivity index (χ1) is 14.5. The van der Waals surface area contributed by atoms with Crippen molar-refractivity contribution in [3.05, 3.63) is 52.1 Å². The topological polar surface area (TPSA) is 107 Å². The van der Waals surface area contributed by atoms with E-state index in [1.807, 2.05) is 6.92 Å². The van der Waals surface area contributed by atoms with Crippen LogP contribution in [0.1, 0.15) is 33.3 Å². The molecule has 1 aliphatic rings. The number of sulfonamides is 1. The normalized spacial score (nSPS) is 14.4. The number of ether oxygens (including phenoxy) is 2. The molecule has 0 saturated heterocycles. The highest BCUT2D eigenvalue weighted by molar-refractivity contribution is 7.89. The maximum Gasteiger partial charge on any atom is 0.345 e. The molecule has 2 rings (SSSR count). The fraction of sp³-hybridized carbons (Fsp3) is 0.409. The lowest BCUT2D eigenvalue weighted by molar-refractivity contribution is -0.146. The fourth-order valence-electron chi connectivity index (χ4n) is 3.24. The molecule has 0 spiro atoms. The molecule has 31 heavy (non-hydrogen) atoms. The lowest BCUT2D eigenvalue weighted by Crippen LogP contribution is -2.30. The smallest absolute Gasteiger partial charge is 0.345 e. The zero-order chi connectivity index (χ0) is 23.3. The number of nitrogens with zero attached hydrogens (tertiary/aromatic N) is 1. The van der Waals surface area contributed by atoms with Gasteiger partial charge in [-0.3, -0.25) is 4.79 Å². The number of hydrogen-bond acceptors (Lipinski definition) is 7. The number of carbonyl (C=O) groups is 3. The van der Waals surface area contributed by atoms with E-state index in [-0.39, 0.29) is 53.7 Å². The summed E-state index contributed by atoms with van der Waals surface area (Å²) in [4.78, 5) is 37.3. The van der Waals surface area contributed by atoms with Crippen LogP contribution in [-0.2, 0) is 33.9 Å². The summed E-state index contributed by atoms with van der Waals surface area (Å²) < 4.78 is 37.4. The van der Waals surface area contributed by atoms with Crippen molar-refractivity contribution in [1.82, 2.24) is 4.31 Å². The molecular weight excluding hydrogens is 422 g/mol. The van der Waals surface area contributed by atoms with Crippen molar-refractivity contribution in [2.75, 3.05) is 26.3 Å². The summed E-state index contributed by atoms with van der Waals surface area (Å²) in [5, 5.41) is 0. The molecule has 0 amide bonds. The molecule has 168 valence electrons. The lowest BCUT2D eigenvalue weighted by atomic mass is 9.97. The first-order valence-electron chi connectivity index (χ1n) is 9.89. The van der Waals surface area contributed by atoms with Gasteiger partial charge in [0.15, 0.2) is 5.78 Å². The number of carbonyl (C=O) groups excluding carboxylic acids is 3. The molecule has 0 saturated carbocycles. The predicted octanol–water partition coefficient (Wildman–Crippen LogP) is 2.33. The summed E-state index contributed by atoms with van der Waals surface area (Å²) in [6.07, 6.45) is 0. The van der Waals surface area contributed by atoms with Crippen LogP contribution in [0.3, 0.4) is 0 Å². The highest BCUT2D eigenvalue weighted by Gasteiger charge is 2.36. The number of hydrogen-bond donors (Lipinski definition) is 0. The standard InChI is InChI=1S/C22H27NO7S/c1-6-29-21(25)20(22(26)30-7-2)15(4)18-12-23(13-19(18)16(5)24)31(27,28)17-10-8-14(3)9-11-17/h8-11H,6-7,12-13H2,1-5H3. The van der Waals surface area contributed by atoms with Crippen LogP contribution < -0.4 is 0 Å². The van der Waals surface area contributed by atoms with Crippen LogP contribution in [0, 0.1) is 6.92 Å². The predicted molar refractivity (Wildman–Crippen MR) is 114 cm³/mol. The van der Waals surface area contributed by atoms with Gasteiger partial charge in [0, 0.05) is 18.7 Å². The molecule has 0 bridgehead atoms. The molecule has 1 aliphatic heterocycles. The van der Waals surface area contributed by atoms with Crippen LogP contribution >= 0.6 is 0 Å². The molecule has 9 heteroatoms. The number of ketones is 1. The van der Waals surface area contributed by atoms with E-state index in [9.17, 15) is 22.8 Å². The molecule has 0 N–H and O–H groups in total. The fourth-order valence-corrected chi connectivity index (χ4v) is 4.62. The molecule has 8 nitrogen and oxygen atoms in total. The molecule has 1 heterocycles. The van der Waals surface area contributed by atoms with Crippen molar-refractivity contribution in [3.63, 3.8) is 0 Å². The van der Waals surface area contributed by atoms with Crippen LogP contribution in [0.15, 0.2) is 51.5 Å². The third kappa shape index (κ3) is 5.29. The molecule has 0 aliphatic carbocycles. The van der Waals surface area contributed by atoms with E-state index in [2.05, 4.69) is 0 Å². The van der Waals surface area contributed by atoms with Gasteiger partial charge >= 0.3 is 11.9 Å². The third-order valence-corrected chi connectivity index (χ3v) is 6.71. The Bertz CT molecular complexity index is 1030. The van der Waals surface area contributed by atoms with Gasteiger partial charge in [-0.1, -0.05) is 17.7 Å². The lowest BCUT2D eigenvalue weighted by Gasteiger charge is -2.17. The summed E-state index contributed by atoms with van der Waals surface area (Å²) in [6.45, 7) is 7.63. The largest absolute Gasteiger partial charge is 0.462 e. The number of esters is 2. The Morgan fingerprint density at radius 1 is 0.903 bits per heavy atom. The van der Waals surface area contributed by atoms with Gasteiger partial charge < -0.3 is 9.47 Å². The van der Waals surface area contributed by atoms with E-state index in [1.54, 1.807) is 26.0 Å². The monoisotopic (exact) mass is 449 g/mol. The average molecular weight is 450 g/mol. The van der Waals surface area contributed by atoms with Gasteiger partial charge in [-0.2, -0.15) is 4.31 Å². The number of Topliss-reactive ketones (excluding diaryl/α,β-unsaturated/α-hetero) is 1. The zero-order valence-electron chi connectivity index (χ0n) is 18.4. The van der Waals surface area contributed by atoms with Gasteiger partial charge in [0.2, 0.25) is 10.0 Å². The Hall–Kier alpha value is -2.78. The Kier molecular flexibility index (Phi) is 7.91. The van der Waals surface area contributed by atoms with Gasteiger partial charge in [0.1, 0.15) is 5.57 Å². The zero-order valence-corrected chi connectivity index (χ0v) is 19.2. The Balaban J connectivity index is 2.53. The van der Waals surface area contributed by atoms with E-state index in [4.69, 9.17) is 9.47 Å². The van der Waals surface area contributed by atoms with Crippen LogP contribution in [0.2, 0.25) is 0 Å². The van der Waals surface area contributed by atoms with Gasteiger partial charge in [-0.15, -0.1) is 0 Å². The Morgan fingerprint density at radius 2 is 1.39 bits per heavy atom. The first kappa shape index (κ1) is 24.5. The van der Waals surface area contributed by atoms with E-state index in [1.165, 1.54) is 26.0 Å². The second kappa shape index (κ2) is 10.0. The number of rotatable bonds is 8. The van der Waals surface area contributed by atoms with Crippen molar-refractivity contribution in [1.29, 1.82) is 0 Å². The molecule has 0 atom stereocenters. The van der Waals surface area contributed by atoms with E-state index in [0.29, 0.717) is 5.57 Å². The minimum atomic E-state index is -3.89. The SMILES string of the molecule is CCOC(=O)C(C(=O)OCC)=C(C)C1=C(C(C)=O)CN(S(=O)(=O)c2ccc(C)cc2)C1. The molecule has 0 unspecified atom stereocenters. The highest BCUT2D eigenvalue weighted by atomic mass is 32.2. The second-order valence-corrected chi connectivity index (χ2v) is 8.98. The Morgan fingerprint density at radius 3 is 1.84 bits per heavy atom. The summed E-state index contributed by atoms with van der Waals surface area (Å²) in [5.41, 5.74) is 1.27. The van der Waals surface area contributed by atoms with Gasteiger partial charge in [0.25, 0.3) is 0 Å². The van der Waals surface area contributed by atoms with Crippen molar-refractivity contribution >= 4 is 27.7 Å². The van der Waals surface area contributed by atoms with E-state index < -0.39 is 22.0 Å². The van der Waals surface area contributed by atoms with Crippen molar-refractivity contribution < 1.29 is 32.3 Å². The quantitative estimate of drug-likeness (QED) is 0.259. The van der Waals surface area contributed by atoms with Crippen LogP contribution in [0.5, 0.6) is 0 Å². The molecule has 1 aromatic rings. The van der Waals surface area contributed by atoms with Gasteiger partial charge in [-0.25, -0.2) is 18.0 Å². The first-order valence-corrected chi connectivity index (χ1v) is 11.3. The van der Waals surface area contributed by atoms with E-state index in [0.717, 1.165) is 9.87 Å². The van der Waals surface area contributed by atoms with Gasteiger partial charge in [-0.05, 0) is 57.9 Å². The summed E-state index contributed by atoms with van der Waals surface area (Å²) in [6, 6.07) is 6.38. The minimum Gasteiger partial charge on any atom is -0.462 e. The van der Waals surface area contributed by atoms with Crippen molar-refractivity contribution in [2.24, 2.45) is 0 Å². The average Bonchev–Trinajstić information content (AvgIpc) is 3.15. The van der Waals surface area contributed by atoms with Crippen LogP contribution in [0.4, 0.5) is 0 Å². The Labute approximate surface area is 182 Å². The summed E-state index contributed by atoms with van der Waals surface area (Å²) >= 11 is 0. The maximum atomic E-state index is 13.1.